The first-order valence-electron chi connectivity index (χ1n) is 14.9. The summed E-state index contributed by atoms with van der Waals surface area (Å²) >= 11 is 0. The Kier molecular flexibility index (Phi) is 5.50. The van der Waals surface area contributed by atoms with E-state index in [1.165, 1.54) is 44.3 Å². The van der Waals surface area contributed by atoms with Gasteiger partial charge in [-0.2, -0.15) is 0 Å². The van der Waals surface area contributed by atoms with Crippen molar-refractivity contribution in [1.82, 2.24) is 19.6 Å². The molecule has 0 saturated carbocycles. The Morgan fingerprint density at radius 3 is 1.64 bits per heavy atom. The van der Waals surface area contributed by atoms with Crippen LogP contribution in [0.15, 0.2) is 152 Å². The lowest BCUT2D eigenvalue weighted by molar-refractivity contribution is 0.804. The summed E-state index contributed by atoms with van der Waals surface area (Å²) in [6.07, 6.45) is 2.94. The highest BCUT2D eigenvalue weighted by Crippen LogP contribution is 2.43. The van der Waals surface area contributed by atoms with Gasteiger partial charge in [0.25, 0.3) is 0 Å². The fourth-order valence-electron chi connectivity index (χ4n) is 6.63. The van der Waals surface area contributed by atoms with E-state index in [4.69, 9.17) is 0 Å². The Bertz CT molecular complexity index is 2210. The van der Waals surface area contributed by atoms with E-state index in [1.54, 1.807) is 0 Å². The molecule has 6 aromatic carbocycles. The van der Waals surface area contributed by atoms with Gasteiger partial charge in [-0.15, -0.1) is 5.10 Å². The van der Waals surface area contributed by atoms with Crippen molar-refractivity contribution in [2.24, 2.45) is 0 Å². The molecule has 0 fully saturated rings. The summed E-state index contributed by atoms with van der Waals surface area (Å²) in [4.78, 5) is 2.35. The minimum atomic E-state index is 0.835. The molecule has 0 amide bonds. The van der Waals surface area contributed by atoms with Crippen LogP contribution in [0.2, 0.25) is 0 Å². The number of anilines is 3. The zero-order valence-corrected chi connectivity index (χ0v) is 23.9. The predicted octanol–water partition coefficient (Wildman–Crippen LogP) is 9.41. The first-order valence-corrected chi connectivity index (χ1v) is 14.9. The molecule has 0 unspecified atom stereocenters. The van der Waals surface area contributed by atoms with Gasteiger partial charge in [-0.1, -0.05) is 90.1 Å². The number of fused-ring (bicyclic) bond motifs is 5. The van der Waals surface area contributed by atoms with Crippen LogP contribution in [0.25, 0.3) is 44.4 Å². The number of para-hydroxylation sites is 4. The molecule has 9 rings (SSSR count). The van der Waals surface area contributed by atoms with E-state index in [-0.39, 0.29) is 0 Å². The van der Waals surface area contributed by atoms with E-state index in [0.717, 1.165) is 34.7 Å². The molecule has 1 aliphatic heterocycles. The number of nitrogens with zero attached hydrogens (tertiary/aromatic N) is 5. The highest BCUT2D eigenvalue weighted by molar-refractivity contribution is 6.09. The average Bonchev–Trinajstić information content (AvgIpc) is 3.71. The van der Waals surface area contributed by atoms with E-state index in [1.807, 2.05) is 10.9 Å². The first kappa shape index (κ1) is 24.6. The minimum absolute atomic E-state index is 0.835. The van der Waals surface area contributed by atoms with Crippen LogP contribution >= 0.6 is 0 Å². The number of benzene rings is 6. The molecular weight excluding hydrogens is 538 g/mol. The Morgan fingerprint density at radius 1 is 0.477 bits per heavy atom. The third kappa shape index (κ3) is 3.87. The Hall–Kier alpha value is -5.94. The molecule has 0 aliphatic carbocycles. The lowest BCUT2D eigenvalue weighted by Gasteiger charge is -2.33. The van der Waals surface area contributed by atoms with Gasteiger partial charge >= 0.3 is 0 Å². The molecule has 1 aliphatic rings. The fourth-order valence-corrected chi connectivity index (χ4v) is 6.63. The van der Waals surface area contributed by atoms with Gasteiger partial charge in [-0.05, 0) is 71.8 Å². The molecule has 5 nitrogen and oxygen atoms in total. The van der Waals surface area contributed by atoms with Gasteiger partial charge in [0, 0.05) is 45.5 Å². The van der Waals surface area contributed by atoms with Crippen molar-refractivity contribution < 1.29 is 0 Å². The van der Waals surface area contributed by atoms with Crippen molar-refractivity contribution in [3.05, 3.63) is 163 Å². The molecule has 208 valence electrons. The van der Waals surface area contributed by atoms with Gasteiger partial charge in [0.15, 0.2) is 0 Å². The Balaban J connectivity index is 1.02. The maximum atomic E-state index is 4.52. The number of rotatable bonds is 4. The van der Waals surface area contributed by atoms with Crippen molar-refractivity contribution in [3.63, 3.8) is 0 Å². The molecule has 2 aromatic heterocycles. The van der Waals surface area contributed by atoms with Crippen LogP contribution in [-0.2, 0) is 6.42 Å². The van der Waals surface area contributed by atoms with E-state index < -0.39 is 0 Å². The van der Waals surface area contributed by atoms with Gasteiger partial charge in [0.1, 0.15) is 5.69 Å². The fraction of sp³-hybridized carbons (Fsp3) is 0.0256. The second-order valence-corrected chi connectivity index (χ2v) is 11.3. The SMILES string of the molecule is c1ccc2c(c1)Cc1ccccc1N2c1ccc(-n2cc(-c3ccc(-n4c5ccccc5c5ccccc54)cc3)nn2)cc1. The van der Waals surface area contributed by atoms with E-state index in [2.05, 4.69) is 165 Å². The number of hydrogen-bond donors (Lipinski definition) is 0. The summed E-state index contributed by atoms with van der Waals surface area (Å²) in [5.74, 6) is 0. The third-order valence-electron chi connectivity index (χ3n) is 8.71. The second kappa shape index (κ2) is 9.82. The van der Waals surface area contributed by atoms with Gasteiger partial charge in [0.2, 0.25) is 0 Å². The van der Waals surface area contributed by atoms with E-state index >= 15 is 0 Å². The van der Waals surface area contributed by atoms with Crippen LogP contribution in [0.3, 0.4) is 0 Å². The van der Waals surface area contributed by atoms with Gasteiger partial charge in [-0.3, -0.25) is 0 Å². The second-order valence-electron chi connectivity index (χ2n) is 11.3. The maximum Gasteiger partial charge on any atom is 0.113 e. The molecule has 0 spiro atoms. The predicted molar refractivity (Wildman–Crippen MR) is 179 cm³/mol. The molecule has 8 aromatic rings. The minimum Gasteiger partial charge on any atom is -0.310 e. The largest absolute Gasteiger partial charge is 0.310 e. The first-order chi connectivity index (χ1) is 21.8. The monoisotopic (exact) mass is 565 g/mol. The number of hydrogen-bond acceptors (Lipinski definition) is 3. The van der Waals surface area contributed by atoms with E-state index in [0.29, 0.717) is 0 Å². The topological polar surface area (TPSA) is 38.9 Å². The lowest BCUT2D eigenvalue weighted by atomic mass is 9.95. The molecule has 3 heterocycles. The normalized spacial score (nSPS) is 12.4. The summed E-state index contributed by atoms with van der Waals surface area (Å²) in [6.45, 7) is 0. The van der Waals surface area contributed by atoms with Crippen molar-refractivity contribution in [3.8, 4) is 22.6 Å². The molecule has 0 saturated heterocycles. The van der Waals surface area contributed by atoms with Crippen LogP contribution in [0, 0.1) is 0 Å². The van der Waals surface area contributed by atoms with Gasteiger partial charge < -0.3 is 9.47 Å². The molecular formula is C39H27N5. The van der Waals surface area contributed by atoms with E-state index in [9.17, 15) is 0 Å². The van der Waals surface area contributed by atoms with Crippen LogP contribution in [0.4, 0.5) is 17.1 Å². The molecule has 0 bridgehead atoms. The molecule has 0 atom stereocenters. The van der Waals surface area contributed by atoms with Crippen LogP contribution < -0.4 is 4.90 Å². The Morgan fingerprint density at radius 2 is 1.00 bits per heavy atom. The van der Waals surface area contributed by atoms with Gasteiger partial charge in [-0.25, -0.2) is 4.68 Å². The van der Waals surface area contributed by atoms with Crippen LogP contribution in [0.5, 0.6) is 0 Å². The molecule has 5 heteroatoms. The summed E-state index contributed by atoms with van der Waals surface area (Å²) in [7, 11) is 0. The third-order valence-corrected chi connectivity index (χ3v) is 8.71. The highest BCUT2D eigenvalue weighted by atomic mass is 15.4. The quantitative estimate of drug-likeness (QED) is 0.213. The van der Waals surface area contributed by atoms with Crippen LogP contribution in [-0.4, -0.2) is 19.6 Å². The zero-order valence-electron chi connectivity index (χ0n) is 23.9. The average molecular weight is 566 g/mol. The maximum absolute atomic E-state index is 4.52. The number of aromatic nitrogens is 4. The standard InChI is InChI=1S/C39H27N5/c1-5-13-36-28(9-1)25-29-10-2-6-14-37(29)43(36)32-23-21-30(22-24-32)42-26-35(40-41-42)27-17-19-31(20-18-27)44-38-15-7-3-11-33(38)34-12-4-8-16-39(34)44/h1-24,26H,25H2. The summed E-state index contributed by atoms with van der Waals surface area (Å²) in [5, 5.41) is 11.5. The summed E-state index contributed by atoms with van der Waals surface area (Å²) in [5.41, 5.74) is 12.6. The summed E-state index contributed by atoms with van der Waals surface area (Å²) in [6, 6.07) is 51.6. The smallest absolute Gasteiger partial charge is 0.113 e. The van der Waals surface area contributed by atoms with Crippen molar-refractivity contribution >= 4 is 38.9 Å². The van der Waals surface area contributed by atoms with Crippen LogP contribution in [0.1, 0.15) is 11.1 Å². The van der Waals surface area contributed by atoms with Crippen molar-refractivity contribution in [1.29, 1.82) is 0 Å². The van der Waals surface area contributed by atoms with Gasteiger partial charge in [0.05, 0.1) is 22.9 Å². The molecule has 0 radical (unpaired) electrons. The highest BCUT2D eigenvalue weighted by Gasteiger charge is 2.23. The summed E-state index contributed by atoms with van der Waals surface area (Å²) < 4.78 is 4.17. The molecule has 44 heavy (non-hydrogen) atoms. The Labute approximate surface area is 254 Å². The van der Waals surface area contributed by atoms with Crippen molar-refractivity contribution in [2.75, 3.05) is 4.90 Å². The molecule has 0 N–H and O–H groups in total. The zero-order chi connectivity index (χ0) is 29.0. The van der Waals surface area contributed by atoms with Crippen molar-refractivity contribution in [2.45, 2.75) is 6.42 Å². The lowest BCUT2D eigenvalue weighted by Crippen LogP contribution is -2.18.